The van der Waals surface area contributed by atoms with E-state index in [2.05, 4.69) is 47.8 Å². The van der Waals surface area contributed by atoms with Crippen LogP contribution < -0.4 is 0 Å². The van der Waals surface area contributed by atoms with E-state index in [1.54, 1.807) is 0 Å². The Morgan fingerprint density at radius 3 is 0.933 bits per heavy atom. The number of hydrogen-bond acceptors (Lipinski definition) is 3. The van der Waals surface area contributed by atoms with Crippen LogP contribution in [0, 0.1) is 0 Å². The van der Waals surface area contributed by atoms with Gasteiger partial charge in [0.25, 0.3) is 0 Å². The maximum absolute atomic E-state index is 9.19. The van der Waals surface area contributed by atoms with Crippen molar-refractivity contribution in [3.63, 3.8) is 0 Å². The van der Waals surface area contributed by atoms with Crippen molar-refractivity contribution in [2.24, 2.45) is 0 Å². The van der Waals surface area contributed by atoms with Gasteiger partial charge in [0.15, 0.2) is 0 Å². The van der Waals surface area contributed by atoms with Gasteiger partial charge in [-0.25, -0.2) is 0 Å². The summed E-state index contributed by atoms with van der Waals surface area (Å²) >= 11 is 9.91. The van der Waals surface area contributed by atoms with E-state index < -0.39 is 0 Å². The molecule has 15 heavy (non-hydrogen) atoms. The molecule has 0 atom stereocenters. The number of halogens is 3. The predicted molar refractivity (Wildman–Crippen MR) is 67.3 cm³/mol. The van der Waals surface area contributed by atoms with E-state index in [1.807, 2.05) is 0 Å². The maximum Gasteiger partial charge on any atom is 0.0704 e. The van der Waals surface area contributed by atoms with Crippen molar-refractivity contribution in [3.05, 3.63) is 30.1 Å². The van der Waals surface area contributed by atoms with Gasteiger partial charge in [-0.15, -0.1) is 0 Å². The highest BCUT2D eigenvalue weighted by atomic mass is 79.9. The Kier molecular flexibility index (Phi) is 5.21. The van der Waals surface area contributed by atoms with Crippen LogP contribution >= 0.6 is 47.8 Å². The molecule has 3 N–H and O–H groups in total. The van der Waals surface area contributed by atoms with Crippen molar-refractivity contribution in [1.29, 1.82) is 0 Å². The maximum atomic E-state index is 9.19. The molecule has 0 aliphatic rings. The van der Waals surface area contributed by atoms with Gasteiger partial charge in [0.1, 0.15) is 0 Å². The molecule has 0 saturated carbocycles. The van der Waals surface area contributed by atoms with E-state index in [0.717, 1.165) is 0 Å². The third-order valence-electron chi connectivity index (χ3n) is 2.06. The zero-order valence-corrected chi connectivity index (χ0v) is 12.4. The van der Waals surface area contributed by atoms with E-state index in [0.29, 0.717) is 30.1 Å². The van der Waals surface area contributed by atoms with Gasteiger partial charge in [-0.3, -0.25) is 0 Å². The van der Waals surface area contributed by atoms with Gasteiger partial charge in [-0.2, -0.15) is 0 Å². The van der Waals surface area contributed by atoms with Crippen LogP contribution in [0.4, 0.5) is 0 Å². The van der Waals surface area contributed by atoms with Crippen molar-refractivity contribution in [2.75, 3.05) is 0 Å². The van der Waals surface area contributed by atoms with Crippen LogP contribution in [0.5, 0.6) is 0 Å². The molecule has 0 amide bonds. The molecule has 3 nitrogen and oxygen atoms in total. The van der Waals surface area contributed by atoms with E-state index in [9.17, 15) is 15.3 Å². The molecule has 0 radical (unpaired) electrons. The van der Waals surface area contributed by atoms with Crippen LogP contribution in [0.25, 0.3) is 0 Å². The molecule has 6 heteroatoms. The molecule has 0 spiro atoms. The highest BCUT2D eigenvalue weighted by molar-refractivity contribution is 9.11. The Labute approximate surface area is 113 Å². The van der Waals surface area contributed by atoms with Gasteiger partial charge in [0.2, 0.25) is 0 Å². The minimum absolute atomic E-state index is 0.172. The zero-order chi connectivity index (χ0) is 11.6. The van der Waals surface area contributed by atoms with Crippen molar-refractivity contribution < 1.29 is 15.3 Å². The summed E-state index contributed by atoms with van der Waals surface area (Å²) in [6, 6.07) is 0. The SMILES string of the molecule is OCc1c(Br)c(CO)c(Br)c(CO)c1Br. The fourth-order valence-corrected chi connectivity index (χ4v) is 3.99. The Bertz CT molecular complexity index is 301. The first-order valence-corrected chi connectivity index (χ1v) is 6.46. The summed E-state index contributed by atoms with van der Waals surface area (Å²) in [5, 5.41) is 27.6. The van der Waals surface area contributed by atoms with Crippen LogP contribution in [0.1, 0.15) is 16.7 Å². The minimum Gasteiger partial charge on any atom is -0.392 e. The van der Waals surface area contributed by atoms with Gasteiger partial charge in [-0.1, -0.05) is 0 Å². The average Bonchev–Trinajstić information content (AvgIpc) is 2.19. The number of hydrogen-bond donors (Lipinski definition) is 3. The summed E-state index contributed by atoms with van der Waals surface area (Å²) in [6.07, 6.45) is 0. The van der Waals surface area contributed by atoms with Crippen molar-refractivity contribution in [1.82, 2.24) is 0 Å². The lowest BCUT2D eigenvalue weighted by molar-refractivity contribution is 0.265. The topological polar surface area (TPSA) is 60.7 Å². The highest BCUT2D eigenvalue weighted by Gasteiger charge is 2.18. The van der Waals surface area contributed by atoms with E-state index in [-0.39, 0.29) is 19.8 Å². The van der Waals surface area contributed by atoms with Crippen molar-refractivity contribution in [2.45, 2.75) is 19.8 Å². The largest absolute Gasteiger partial charge is 0.392 e. The van der Waals surface area contributed by atoms with Crippen LogP contribution in [-0.4, -0.2) is 15.3 Å². The van der Waals surface area contributed by atoms with Crippen LogP contribution in [0.3, 0.4) is 0 Å². The Balaban J connectivity index is 3.57. The Morgan fingerprint density at radius 1 is 0.600 bits per heavy atom. The quantitative estimate of drug-likeness (QED) is 0.725. The third-order valence-corrected chi connectivity index (χ3v) is 4.94. The van der Waals surface area contributed by atoms with Crippen LogP contribution in [-0.2, 0) is 19.8 Å². The number of rotatable bonds is 3. The normalized spacial score (nSPS) is 10.8. The summed E-state index contributed by atoms with van der Waals surface area (Å²) in [5.74, 6) is 0. The van der Waals surface area contributed by atoms with Gasteiger partial charge in [0, 0.05) is 30.1 Å². The molecule has 0 fully saturated rings. The van der Waals surface area contributed by atoms with Crippen molar-refractivity contribution >= 4 is 47.8 Å². The Morgan fingerprint density at radius 2 is 0.800 bits per heavy atom. The first-order chi connectivity index (χ1) is 7.08. The molecule has 0 bridgehead atoms. The average molecular weight is 405 g/mol. The molecular formula is C9H9Br3O3. The van der Waals surface area contributed by atoms with Crippen LogP contribution in [0.2, 0.25) is 0 Å². The van der Waals surface area contributed by atoms with Gasteiger partial charge < -0.3 is 15.3 Å². The summed E-state index contributed by atoms with van der Waals surface area (Å²) in [6.45, 7) is -0.517. The summed E-state index contributed by atoms with van der Waals surface area (Å²) in [5.41, 5.74) is 1.85. The summed E-state index contributed by atoms with van der Waals surface area (Å²) in [7, 11) is 0. The lowest BCUT2D eigenvalue weighted by atomic mass is 10.1. The fourth-order valence-electron chi connectivity index (χ4n) is 1.25. The second-order valence-electron chi connectivity index (χ2n) is 2.85. The molecule has 0 unspecified atom stereocenters. The first-order valence-electron chi connectivity index (χ1n) is 4.08. The van der Waals surface area contributed by atoms with E-state index in [4.69, 9.17) is 0 Å². The van der Waals surface area contributed by atoms with Gasteiger partial charge in [0.05, 0.1) is 19.8 Å². The molecule has 0 aromatic heterocycles. The van der Waals surface area contributed by atoms with Gasteiger partial charge in [-0.05, 0) is 47.8 Å². The smallest absolute Gasteiger partial charge is 0.0704 e. The first kappa shape index (κ1) is 13.6. The number of aliphatic hydroxyl groups excluding tert-OH is 3. The molecule has 0 aliphatic heterocycles. The van der Waals surface area contributed by atoms with Crippen molar-refractivity contribution in [3.8, 4) is 0 Å². The molecule has 1 rings (SSSR count). The van der Waals surface area contributed by atoms with E-state index >= 15 is 0 Å². The third kappa shape index (κ3) is 2.45. The highest BCUT2D eigenvalue weighted by Crippen LogP contribution is 2.38. The zero-order valence-electron chi connectivity index (χ0n) is 7.60. The molecule has 0 heterocycles. The lowest BCUT2D eigenvalue weighted by Crippen LogP contribution is -2.01. The fraction of sp³-hybridized carbons (Fsp3) is 0.333. The second-order valence-corrected chi connectivity index (χ2v) is 5.23. The molecule has 1 aromatic carbocycles. The monoisotopic (exact) mass is 402 g/mol. The molecular weight excluding hydrogens is 396 g/mol. The molecule has 0 aliphatic carbocycles. The summed E-state index contributed by atoms with van der Waals surface area (Å²) in [4.78, 5) is 0. The minimum atomic E-state index is -0.172. The standard InChI is InChI=1S/C9H9Br3O3/c10-7-4(1-13)8(11)6(3-15)9(12)5(7)2-14/h13-15H,1-3H2. The molecule has 0 saturated heterocycles. The Hall–Kier alpha value is 0.540. The molecule has 1 aromatic rings. The molecule has 84 valence electrons. The number of aliphatic hydroxyl groups is 3. The van der Waals surface area contributed by atoms with Gasteiger partial charge >= 0.3 is 0 Å². The summed E-state index contributed by atoms with van der Waals surface area (Å²) < 4.78 is 1.93. The number of benzene rings is 1. The van der Waals surface area contributed by atoms with E-state index in [1.165, 1.54) is 0 Å². The van der Waals surface area contributed by atoms with Crippen LogP contribution in [0.15, 0.2) is 13.4 Å². The second kappa shape index (κ2) is 5.75. The predicted octanol–water partition coefficient (Wildman–Crippen LogP) is 2.45. The lowest BCUT2D eigenvalue weighted by Gasteiger charge is -2.15.